The monoisotopic (exact) mass is 444 g/mol. The topological polar surface area (TPSA) is 79.8 Å². The van der Waals surface area contributed by atoms with Crippen molar-refractivity contribution in [3.8, 4) is 5.69 Å². The number of nitrogens with one attached hydrogen (secondary N) is 2. The van der Waals surface area contributed by atoms with E-state index in [9.17, 15) is 9.59 Å². The lowest BCUT2D eigenvalue weighted by Gasteiger charge is -2.15. The Balaban J connectivity index is 1.42. The molecule has 2 aromatic carbocycles. The summed E-state index contributed by atoms with van der Waals surface area (Å²) in [7, 11) is 0. The Morgan fingerprint density at radius 2 is 1.97 bits per heavy atom. The highest BCUT2D eigenvalue weighted by atomic mass is 32.2. The minimum atomic E-state index is -0.167. The molecule has 0 fully saturated rings. The van der Waals surface area contributed by atoms with Crippen molar-refractivity contribution in [3.63, 3.8) is 0 Å². The van der Waals surface area contributed by atoms with Crippen LogP contribution in [0, 0.1) is 13.8 Å². The van der Waals surface area contributed by atoms with E-state index in [4.69, 9.17) is 4.98 Å². The van der Waals surface area contributed by atoms with Crippen LogP contribution in [0.3, 0.4) is 0 Å². The van der Waals surface area contributed by atoms with Gasteiger partial charge in [0.25, 0.3) is 5.56 Å². The van der Waals surface area contributed by atoms with Gasteiger partial charge in [0.2, 0.25) is 5.91 Å². The lowest BCUT2D eigenvalue weighted by atomic mass is 10.1. The van der Waals surface area contributed by atoms with E-state index in [0.717, 1.165) is 29.8 Å². The van der Waals surface area contributed by atoms with Crippen molar-refractivity contribution >= 4 is 28.7 Å². The number of amides is 1. The minimum absolute atomic E-state index is 0.0429. The number of hydrogen-bond donors (Lipinski definition) is 2. The van der Waals surface area contributed by atoms with Gasteiger partial charge in [-0.2, -0.15) is 0 Å². The van der Waals surface area contributed by atoms with E-state index in [-0.39, 0.29) is 23.3 Å². The van der Waals surface area contributed by atoms with Crippen LogP contribution in [0.2, 0.25) is 0 Å². The van der Waals surface area contributed by atoms with Crippen LogP contribution in [0.5, 0.6) is 0 Å². The molecule has 2 N–H and O–H groups in total. The number of aromatic nitrogens is 3. The van der Waals surface area contributed by atoms with Gasteiger partial charge in [-0.15, -0.1) is 0 Å². The number of H-pyrrole nitrogens is 1. The standard InChI is InChI=1S/C25H24N4O2S/c1-15-7-10-18(11-8-15)29-24(31)23-21(13-16(2)26-23)28-25(29)32-14-22(30)27-20-12-9-17-5-3-4-6-19(17)20/h3-8,10-11,13,20,26H,9,12,14H2,1-2H3,(H,27,30)/t20-/m1/s1. The lowest BCUT2D eigenvalue weighted by molar-refractivity contribution is -0.119. The number of thioether (sulfide) groups is 1. The molecule has 0 unspecified atom stereocenters. The number of aromatic amines is 1. The second-order valence-electron chi connectivity index (χ2n) is 8.23. The third-order valence-corrected chi connectivity index (χ3v) is 6.79. The second-order valence-corrected chi connectivity index (χ2v) is 9.17. The van der Waals surface area contributed by atoms with Gasteiger partial charge >= 0.3 is 0 Å². The fraction of sp³-hybridized carbons (Fsp3) is 0.240. The molecule has 0 aliphatic heterocycles. The van der Waals surface area contributed by atoms with E-state index in [0.29, 0.717) is 16.2 Å². The summed E-state index contributed by atoms with van der Waals surface area (Å²) in [4.78, 5) is 33.9. The van der Waals surface area contributed by atoms with Crippen molar-refractivity contribution in [3.05, 3.63) is 87.3 Å². The van der Waals surface area contributed by atoms with Crippen LogP contribution in [0.1, 0.15) is 34.8 Å². The van der Waals surface area contributed by atoms with E-state index < -0.39 is 0 Å². The summed E-state index contributed by atoms with van der Waals surface area (Å²) in [5.74, 6) is 0.123. The zero-order valence-electron chi connectivity index (χ0n) is 18.0. The number of fused-ring (bicyclic) bond motifs is 2. The molecular weight excluding hydrogens is 420 g/mol. The molecule has 2 heterocycles. The number of carbonyl (C=O) groups is 1. The Morgan fingerprint density at radius 3 is 2.78 bits per heavy atom. The van der Waals surface area contributed by atoms with Gasteiger partial charge in [-0.05, 0) is 56.0 Å². The number of hydrogen-bond acceptors (Lipinski definition) is 4. The predicted octanol–water partition coefficient (Wildman–Crippen LogP) is 4.23. The van der Waals surface area contributed by atoms with Crippen LogP contribution < -0.4 is 10.9 Å². The minimum Gasteiger partial charge on any atom is -0.353 e. The van der Waals surface area contributed by atoms with E-state index in [1.807, 2.05) is 56.3 Å². The number of nitrogens with zero attached hydrogens (tertiary/aromatic N) is 2. The Morgan fingerprint density at radius 1 is 1.19 bits per heavy atom. The lowest BCUT2D eigenvalue weighted by Crippen LogP contribution is -2.29. The fourth-order valence-corrected chi connectivity index (χ4v) is 5.09. The maximum atomic E-state index is 13.3. The SMILES string of the molecule is Cc1ccc(-n2c(SCC(=O)N[C@@H]3CCc4ccccc43)nc3cc(C)[nH]c3c2=O)cc1. The average Bonchev–Trinajstić information content (AvgIpc) is 3.36. The first-order valence-electron chi connectivity index (χ1n) is 10.7. The van der Waals surface area contributed by atoms with Crippen LogP contribution in [-0.4, -0.2) is 26.2 Å². The van der Waals surface area contributed by atoms with Crippen LogP contribution >= 0.6 is 11.8 Å². The molecule has 0 saturated carbocycles. The maximum Gasteiger partial charge on any atom is 0.283 e. The molecule has 6 nitrogen and oxygen atoms in total. The highest BCUT2D eigenvalue weighted by Crippen LogP contribution is 2.31. The third kappa shape index (κ3) is 3.84. The second kappa shape index (κ2) is 8.31. The molecule has 1 amide bonds. The van der Waals surface area contributed by atoms with Gasteiger partial charge in [0.05, 0.1) is 23.0 Å². The van der Waals surface area contributed by atoms with Crippen molar-refractivity contribution in [2.45, 2.75) is 37.9 Å². The Bertz CT molecular complexity index is 1370. The molecule has 0 bridgehead atoms. The quantitative estimate of drug-likeness (QED) is 0.357. The molecular formula is C25H24N4O2S. The molecule has 2 aromatic heterocycles. The largest absolute Gasteiger partial charge is 0.353 e. The number of carbonyl (C=O) groups excluding carboxylic acids is 1. The van der Waals surface area contributed by atoms with E-state index >= 15 is 0 Å². The molecule has 0 saturated heterocycles. The first-order valence-corrected chi connectivity index (χ1v) is 11.7. The third-order valence-electron chi connectivity index (χ3n) is 5.85. The van der Waals surface area contributed by atoms with E-state index in [1.165, 1.54) is 22.9 Å². The van der Waals surface area contributed by atoms with E-state index in [1.54, 1.807) is 4.57 Å². The van der Waals surface area contributed by atoms with Crippen molar-refractivity contribution in [1.29, 1.82) is 0 Å². The molecule has 4 aromatic rings. The number of benzene rings is 2. The first-order chi connectivity index (χ1) is 15.5. The molecule has 1 aliphatic carbocycles. The van der Waals surface area contributed by atoms with Gasteiger partial charge in [-0.25, -0.2) is 4.98 Å². The highest BCUT2D eigenvalue weighted by Gasteiger charge is 2.24. The van der Waals surface area contributed by atoms with E-state index in [2.05, 4.69) is 22.4 Å². The Hall–Kier alpha value is -3.32. The summed E-state index contributed by atoms with van der Waals surface area (Å²) in [5, 5.41) is 3.65. The van der Waals surface area contributed by atoms with Gasteiger partial charge < -0.3 is 10.3 Å². The first kappa shape index (κ1) is 20.6. The van der Waals surface area contributed by atoms with Gasteiger partial charge in [-0.1, -0.05) is 53.7 Å². The Kier molecular flexibility index (Phi) is 5.35. The smallest absolute Gasteiger partial charge is 0.283 e. The molecule has 162 valence electrons. The molecule has 7 heteroatoms. The summed E-state index contributed by atoms with van der Waals surface area (Å²) < 4.78 is 1.58. The van der Waals surface area contributed by atoms with Gasteiger partial charge in [-0.3, -0.25) is 14.2 Å². The average molecular weight is 445 g/mol. The molecule has 1 atom stereocenters. The molecule has 0 spiro atoms. The number of aryl methyl sites for hydroxylation is 3. The summed E-state index contributed by atoms with van der Waals surface area (Å²) in [6, 6.07) is 17.9. The van der Waals surface area contributed by atoms with Gasteiger partial charge in [0.15, 0.2) is 5.16 Å². The molecule has 1 aliphatic rings. The molecule has 0 radical (unpaired) electrons. The summed E-state index contributed by atoms with van der Waals surface area (Å²) in [6.45, 7) is 3.90. The molecule has 32 heavy (non-hydrogen) atoms. The summed E-state index contributed by atoms with van der Waals surface area (Å²) in [5.41, 5.74) is 6.13. The van der Waals surface area contributed by atoms with Crippen molar-refractivity contribution in [1.82, 2.24) is 19.9 Å². The van der Waals surface area contributed by atoms with Crippen LogP contribution in [0.4, 0.5) is 0 Å². The van der Waals surface area contributed by atoms with Crippen molar-refractivity contribution in [2.24, 2.45) is 0 Å². The number of rotatable bonds is 5. The summed E-state index contributed by atoms with van der Waals surface area (Å²) >= 11 is 1.28. The Labute approximate surface area is 190 Å². The van der Waals surface area contributed by atoms with Gasteiger partial charge in [0.1, 0.15) is 5.52 Å². The highest BCUT2D eigenvalue weighted by molar-refractivity contribution is 7.99. The van der Waals surface area contributed by atoms with Crippen molar-refractivity contribution < 1.29 is 4.79 Å². The summed E-state index contributed by atoms with van der Waals surface area (Å²) in [6.07, 6.45) is 1.89. The maximum absolute atomic E-state index is 13.3. The fourth-order valence-electron chi connectivity index (χ4n) is 4.27. The zero-order valence-corrected chi connectivity index (χ0v) is 18.8. The predicted molar refractivity (Wildman–Crippen MR) is 128 cm³/mol. The van der Waals surface area contributed by atoms with Crippen molar-refractivity contribution in [2.75, 3.05) is 5.75 Å². The van der Waals surface area contributed by atoms with Crippen LogP contribution in [0.15, 0.2) is 64.5 Å². The van der Waals surface area contributed by atoms with Crippen LogP contribution in [0.25, 0.3) is 16.7 Å². The normalized spacial score (nSPS) is 15.1. The molecule has 5 rings (SSSR count). The zero-order chi connectivity index (χ0) is 22.2. The van der Waals surface area contributed by atoms with Crippen LogP contribution in [-0.2, 0) is 11.2 Å². The van der Waals surface area contributed by atoms with Gasteiger partial charge in [0, 0.05) is 5.69 Å².